The Kier molecular flexibility index (Phi) is 4.38. The maximum Gasteiger partial charge on any atom is 0.268 e. The van der Waals surface area contributed by atoms with E-state index < -0.39 is 10.0 Å². The normalized spacial score (nSPS) is 11.8. The first-order chi connectivity index (χ1) is 12.9. The van der Waals surface area contributed by atoms with Gasteiger partial charge in [0.15, 0.2) is 5.15 Å². The van der Waals surface area contributed by atoms with Crippen molar-refractivity contribution in [1.29, 1.82) is 0 Å². The highest BCUT2D eigenvalue weighted by Crippen LogP contribution is 2.35. The zero-order valence-corrected chi connectivity index (χ0v) is 16.3. The molecule has 4 aromatic rings. The van der Waals surface area contributed by atoms with Crippen molar-refractivity contribution in [2.24, 2.45) is 0 Å². The highest BCUT2D eigenvalue weighted by molar-refractivity contribution is 7.90. The molecule has 0 saturated carbocycles. The Morgan fingerprint density at radius 1 is 0.963 bits per heavy atom. The van der Waals surface area contributed by atoms with E-state index in [1.807, 2.05) is 6.92 Å². The van der Waals surface area contributed by atoms with Crippen molar-refractivity contribution in [2.75, 3.05) is 0 Å². The molecular formula is C18H12Cl2N4O2S. The van der Waals surface area contributed by atoms with E-state index in [1.54, 1.807) is 36.4 Å². The molecule has 0 bridgehead atoms. The lowest BCUT2D eigenvalue weighted by atomic mass is 10.1. The van der Waals surface area contributed by atoms with Gasteiger partial charge in [-0.15, -0.1) is 0 Å². The third-order valence-electron chi connectivity index (χ3n) is 4.12. The van der Waals surface area contributed by atoms with Crippen LogP contribution in [0.1, 0.15) is 5.56 Å². The van der Waals surface area contributed by atoms with Gasteiger partial charge in [-0.05, 0) is 42.8 Å². The summed E-state index contributed by atoms with van der Waals surface area (Å²) < 4.78 is 27.6. The molecule has 0 unspecified atom stereocenters. The van der Waals surface area contributed by atoms with Crippen LogP contribution in [0.15, 0.2) is 59.9 Å². The van der Waals surface area contributed by atoms with Gasteiger partial charge in [0.1, 0.15) is 5.52 Å². The SMILES string of the molecule is Cc1ccc(S(=O)(=O)n2cc(-c3ccnc(Cl)n3)c3ccnc(Cl)c32)cc1. The second-order valence-electron chi connectivity index (χ2n) is 5.87. The molecule has 27 heavy (non-hydrogen) atoms. The largest absolute Gasteiger partial charge is 0.268 e. The van der Waals surface area contributed by atoms with Crippen molar-refractivity contribution < 1.29 is 8.42 Å². The van der Waals surface area contributed by atoms with Crippen molar-refractivity contribution in [3.8, 4) is 11.3 Å². The number of benzene rings is 1. The summed E-state index contributed by atoms with van der Waals surface area (Å²) in [6.45, 7) is 1.89. The molecule has 1 aromatic carbocycles. The number of aromatic nitrogens is 4. The fourth-order valence-corrected chi connectivity index (χ4v) is 4.63. The summed E-state index contributed by atoms with van der Waals surface area (Å²) in [6, 6.07) is 9.93. The van der Waals surface area contributed by atoms with Gasteiger partial charge in [-0.3, -0.25) is 0 Å². The van der Waals surface area contributed by atoms with Crippen LogP contribution in [0.3, 0.4) is 0 Å². The molecule has 3 aromatic heterocycles. The summed E-state index contributed by atoms with van der Waals surface area (Å²) in [5, 5.41) is 0.741. The van der Waals surface area contributed by atoms with Gasteiger partial charge in [-0.25, -0.2) is 27.3 Å². The summed E-state index contributed by atoms with van der Waals surface area (Å²) >= 11 is 12.2. The van der Waals surface area contributed by atoms with Gasteiger partial charge < -0.3 is 0 Å². The number of hydrogen-bond acceptors (Lipinski definition) is 5. The third-order valence-corrected chi connectivity index (χ3v) is 6.25. The van der Waals surface area contributed by atoms with Gasteiger partial charge in [-0.2, -0.15) is 0 Å². The topological polar surface area (TPSA) is 77.7 Å². The van der Waals surface area contributed by atoms with E-state index in [0.29, 0.717) is 16.6 Å². The smallest absolute Gasteiger partial charge is 0.242 e. The molecule has 0 amide bonds. The lowest BCUT2D eigenvalue weighted by molar-refractivity contribution is 0.589. The predicted molar refractivity (Wildman–Crippen MR) is 105 cm³/mol. The molecule has 9 heteroatoms. The van der Waals surface area contributed by atoms with Crippen molar-refractivity contribution in [1.82, 2.24) is 18.9 Å². The van der Waals surface area contributed by atoms with Gasteiger partial charge >= 0.3 is 0 Å². The minimum atomic E-state index is -3.89. The molecule has 0 saturated heterocycles. The number of aryl methyl sites for hydroxylation is 1. The van der Waals surface area contributed by atoms with Gasteiger partial charge in [0.25, 0.3) is 10.0 Å². The molecule has 0 atom stereocenters. The van der Waals surface area contributed by atoms with Crippen LogP contribution in [0.4, 0.5) is 0 Å². The van der Waals surface area contributed by atoms with E-state index in [9.17, 15) is 8.42 Å². The Hall–Kier alpha value is -2.48. The summed E-state index contributed by atoms with van der Waals surface area (Å²) in [4.78, 5) is 12.2. The highest BCUT2D eigenvalue weighted by Gasteiger charge is 2.24. The molecule has 4 rings (SSSR count). The van der Waals surface area contributed by atoms with Crippen LogP contribution in [0.5, 0.6) is 0 Å². The van der Waals surface area contributed by atoms with E-state index >= 15 is 0 Å². The number of nitrogens with zero attached hydrogens (tertiary/aromatic N) is 4. The van der Waals surface area contributed by atoms with Crippen LogP contribution in [0, 0.1) is 6.92 Å². The van der Waals surface area contributed by atoms with E-state index in [2.05, 4.69) is 15.0 Å². The molecule has 0 aliphatic carbocycles. The fourth-order valence-electron chi connectivity index (χ4n) is 2.81. The van der Waals surface area contributed by atoms with Gasteiger partial charge in [0.2, 0.25) is 5.28 Å². The number of halogens is 2. The highest BCUT2D eigenvalue weighted by atomic mass is 35.5. The quantitative estimate of drug-likeness (QED) is 0.365. The second kappa shape index (κ2) is 6.60. The van der Waals surface area contributed by atoms with Crippen molar-refractivity contribution in [3.63, 3.8) is 0 Å². The summed E-state index contributed by atoms with van der Waals surface area (Å²) in [7, 11) is -3.89. The second-order valence-corrected chi connectivity index (χ2v) is 8.38. The van der Waals surface area contributed by atoms with Crippen LogP contribution in [0.25, 0.3) is 22.2 Å². The molecule has 3 heterocycles. The summed E-state index contributed by atoms with van der Waals surface area (Å²) in [5.41, 5.74) is 2.29. The van der Waals surface area contributed by atoms with Crippen molar-refractivity contribution in [2.45, 2.75) is 11.8 Å². The molecule has 0 aliphatic rings. The van der Waals surface area contributed by atoms with Gasteiger partial charge in [0, 0.05) is 29.5 Å². The average Bonchev–Trinajstić information content (AvgIpc) is 3.04. The van der Waals surface area contributed by atoms with Crippen molar-refractivity contribution >= 4 is 44.1 Å². The molecule has 0 fully saturated rings. The first-order valence-electron chi connectivity index (χ1n) is 7.84. The Morgan fingerprint density at radius 3 is 2.37 bits per heavy atom. The third kappa shape index (κ3) is 3.07. The maximum absolute atomic E-state index is 13.2. The molecule has 0 spiro atoms. The average molecular weight is 419 g/mol. The molecule has 0 radical (unpaired) electrons. The van der Waals surface area contributed by atoms with Crippen LogP contribution in [-0.2, 0) is 10.0 Å². The maximum atomic E-state index is 13.2. The minimum Gasteiger partial charge on any atom is -0.242 e. The Morgan fingerprint density at radius 2 is 1.67 bits per heavy atom. The van der Waals surface area contributed by atoms with E-state index in [-0.39, 0.29) is 20.8 Å². The zero-order chi connectivity index (χ0) is 19.2. The number of hydrogen-bond donors (Lipinski definition) is 0. The number of fused-ring (bicyclic) bond motifs is 1. The molecule has 0 N–H and O–H groups in total. The zero-order valence-electron chi connectivity index (χ0n) is 14.0. The van der Waals surface area contributed by atoms with Crippen molar-refractivity contribution in [3.05, 3.63) is 71.0 Å². The lowest BCUT2D eigenvalue weighted by Crippen LogP contribution is -2.12. The van der Waals surface area contributed by atoms with Crippen LogP contribution in [-0.4, -0.2) is 27.3 Å². The number of pyridine rings is 1. The van der Waals surface area contributed by atoms with E-state index in [0.717, 1.165) is 9.54 Å². The fraction of sp³-hybridized carbons (Fsp3) is 0.0556. The number of rotatable bonds is 3. The molecule has 6 nitrogen and oxygen atoms in total. The van der Waals surface area contributed by atoms with Crippen LogP contribution >= 0.6 is 23.2 Å². The molecular weight excluding hydrogens is 407 g/mol. The van der Waals surface area contributed by atoms with Gasteiger partial charge in [-0.1, -0.05) is 29.3 Å². The first kappa shape index (κ1) is 17.9. The van der Waals surface area contributed by atoms with E-state index in [1.165, 1.54) is 18.6 Å². The summed E-state index contributed by atoms with van der Waals surface area (Å²) in [6.07, 6.45) is 4.50. The Bertz CT molecular complexity index is 1270. The minimum absolute atomic E-state index is 0.0648. The summed E-state index contributed by atoms with van der Waals surface area (Å²) in [5.74, 6) is 0. The van der Waals surface area contributed by atoms with Crippen LogP contribution in [0.2, 0.25) is 10.4 Å². The molecule has 136 valence electrons. The predicted octanol–water partition coefficient (Wildman–Crippen LogP) is 4.35. The molecule has 0 aliphatic heterocycles. The first-order valence-corrected chi connectivity index (χ1v) is 10.0. The van der Waals surface area contributed by atoms with E-state index in [4.69, 9.17) is 23.2 Å². The Labute approximate surface area is 165 Å². The monoisotopic (exact) mass is 418 g/mol. The lowest BCUT2D eigenvalue weighted by Gasteiger charge is -2.08. The van der Waals surface area contributed by atoms with Gasteiger partial charge in [0.05, 0.1) is 10.6 Å². The Balaban J connectivity index is 2.03. The van der Waals surface area contributed by atoms with Crippen LogP contribution < -0.4 is 0 Å². The standard InChI is InChI=1S/C18H12Cl2N4O2S/c1-11-2-4-12(5-3-11)27(25,26)24-10-14(15-7-9-22-18(20)23-15)13-6-8-21-17(19)16(13)24/h2-10H,1H3.